The second-order valence-corrected chi connectivity index (χ2v) is 4.42. The van der Waals surface area contributed by atoms with E-state index in [1.807, 2.05) is 0 Å². The molecule has 0 rings (SSSR count). The number of nitrogens with one attached hydrogen (secondary N) is 1. The lowest BCUT2D eigenvalue weighted by Crippen LogP contribution is -2.21. The molecule has 0 unspecified atom stereocenters. The SMILES string of the molecule is CC(C)COCCNCCCCCC(=O)O. The Hall–Kier alpha value is -0.610. The van der Waals surface area contributed by atoms with Gasteiger partial charge in [-0.15, -0.1) is 0 Å². The molecule has 0 bridgehead atoms. The Morgan fingerprint density at radius 1 is 1.25 bits per heavy atom. The molecule has 0 aromatic rings. The molecule has 4 heteroatoms. The van der Waals surface area contributed by atoms with E-state index in [0.717, 1.165) is 45.6 Å². The fourth-order valence-corrected chi connectivity index (χ4v) is 1.29. The predicted molar refractivity (Wildman–Crippen MR) is 64.6 cm³/mol. The molecule has 0 saturated carbocycles. The number of rotatable bonds is 11. The van der Waals surface area contributed by atoms with Crippen LogP contribution < -0.4 is 5.32 Å². The van der Waals surface area contributed by atoms with Crippen LogP contribution in [0.1, 0.15) is 39.5 Å². The monoisotopic (exact) mass is 231 g/mol. The zero-order valence-electron chi connectivity index (χ0n) is 10.5. The summed E-state index contributed by atoms with van der Waals surface area (Å²) in [5.41, 5.74) is 0. The first-order chi connectivity index (χ1) is 7.63. The van der Waals surface area contributed by atoms with Crippen molar-refractivity contribution >= 4 is 5.97 Å². The van der Waals surface area contributed by atoms with Crippen LogP contribution in [0.3, 0.4) is 0 Å². The average Bonchev–Trinajstić information content (AvgIpc) is 2.20. The quantitative estimate of drug-likeness (QED) is 0.533. The normalized spacial score (nSPS) is 10.9. The highest BCUT2D eigenvalue weighted by Crippen LogP contribution is 1.98. The number of carbonyl (C=O) groups is 1. The Bertz CT molecular complexity index is 172. The average molecular weight is 231 g/mol. The second-order valence-electron chi connectivity index (χ2n) is 4.42. The molecule has 0 atom stereocenters. The summed E-state index contributed by atoms with van der Waals surface area (Å²) in [6, 6.07) is 0. The molecule has 0 spiro atoms. The van der Waals surface area contributed by atoms with Crippen LogP contribution in [0.25, 0.3) is 0 Å². The van der Waals surface area contributed by atoms with Crippen LogP contribution in [0, 0.1) is 5.92 Å². The molecule has 0 amide bonds. The highest BCUT2D eigenvalue weighted by Gasteiger charge is 1.96. The van der Waals surface area contributed by atoms with Gasteiger partial charge in [0.1, 0.15) is 0 Å². The second kappa shape index (κ2) is 10.9. The zero-order chi connectivity index (χ0) is 12.2. The molecular weight excluding hydrogens is 206 g/mol. The molecular formula is C12H25NO3. The van der Waals surface area contributed by atoms with E-state index in [-0.39, 0.29) is 6.42 Å². The van der Waals surface area contributed by atoms with Crippen LogP contribution in [0.2, 0.25) is 0 Å². The van der Waals surface area contributed by atoms with Crippen molar-refractivity contribution in [3.8, 4) is 0 Å². The summed E-state index contributed by atoms with van der Waals surface area (Å²) in [6.45, 7) is 7.68. The summed E-state index contributed by atoms with van der Waals surface area (Å²) >= 11 is 0. The van der Waals surface area contributed by atoms with Crippen LogP contribution in [0.5, 0.6) is 0 Å². The standard InChI is InChI=1S/C12H25NO3/c1-11(2)10-16-9-8-13-7-5-3-4-6-12(14)15/h11,13H,3-10H2,1-2H3,(H,14,15). The van der Waals surface area contributed by atoms with Gasteiger partial charge in [-0.05, 0) is 25.3 Å². The van der Waals surface area contributed by atoms with Gasteiger partial charge in [-0.2, -0.15) is 0 Å². The van der Waals surface area contributed by atoms with Gasteiger partial charge in [0, 0.05) is 19.6 Å². The minimum absolute atomic E-state index is 0.289. The number of hydrogen-bond acceptors (Lipinski definition) is 3. The fraction of sp³-hybridized carbons (Fsp3) is 0.917. The Labute approximate surface area is 98.4 Å². The fourth-order valence-electron chi connectivity index (χ4n) is 1.29. The largest absolute Gasteiger partial charge is 0.481 e. The predicted octanol–water partition coefficient (Wildman–Crippen LogP) is 1.89. The Kier molecular flexibility index (Phi) is 10.5. The molecule has 0 fully saturated rings. The van der Waals surface area contributed by atoms with E-state index in [9.17, 15) is 4.79 Å². The minimum Gasteiger partial charge on any atom is -0.481 e. The van der Waals surface area contributed by atoms with Crippen molar-refractivity contribution in [3.63, 3.8) is 0 Å². The number of carboxylic acid groups (broad SMARTS) is 1. The lowest BCUT2D eigenvalue weighted by molar-refractivity contribution is -0.137. The number of carboxylic acids is 1. The molecule has 0 saturated heterocycles. The first kappa shape index (κ1) is 15.4. The number of unbranched alkanes of at least 4 members (excludes halogenated alkanes) is 2. The Morgan fingerprint density at radius 2 is 2.00 bits per heavy atom. The molecule has 0 aliphatic rings. The van der Waals surface area contributed by atoms with Gasteiger partial charge < -0.3 is 15.2 Å². The maximum atomic E-state index is 10.2. The number of hydrogen-bond donors (Lipinski definition) is 2. The molecule has 4 nitrogen and oxygen atoms in total. The smallest absolute Gasteiger partial charge is 0.303 e. The zero-order valence-corrected chi connectivity index (χ0v) is 10.5. The first-order valence-corrected chi connectivity index (χ1v) is 6.13. The van der Waals surface area contributed by atoms with Crippen LogP contribution in [-0.4, -0.2) is 37.4 Å². The third-order valence-corrected chi connectivity index (χ3v) is 2.12. The molecule has 0 aliphatic carbocycles. The van der Waals surface area contributed by atoms with Crippen molar-refractivity contribution in [2.75, 3.05) is 26.3 Å². The van der Waals surface area contributed by atoms with Crippen LogP contribution in [0.15, 0.2) is 0 Å². The molecule has 96 valence electrons. The van der Waals surface area contributed by atoms with E-state index in [1.54, 1.807) is 0 Å². The van der Waals surface area contributed by atoms with E-state index in [0.29, 0.717) is 5.92 Å². The van der Waals surface area contributed by atoms with Crippen molar-refractivity contribution in [2.24, 2.45) is 5.92 Å². The van der Waals surface area contributed by atoms with Crippen molar-refractivity contribution in [1.29, 1.82) is 0 Å². The van der Waals surface area contributed by atoms with E-state index < -0.39 is 5.97 Å². The van der Waals surface area contributed by atoms with Gasteiger partial charge in [0.2, 0.25) is 0 Å². The van der Waals surface area contributed by atoms with Gasteiger partial charge in [-0.25, -0.2) is 0 Å². The lowest BCUT2D eigenvalue weighted by atomic mass is 10.2. The molecule has 2 N–H and O–H groups in total. The van der Waals surface area contributed by atoms with Gasteiger partial charge in [0.05, 0.1) is 6.61 Å². The van der Waals surface area contributed by atoms with Crippen LogP contribution in [0.4, 0.5) is 0 Å². The molecule has 0 aliphatic heterocycles. The summed E-state index contributed by atoms with van der Waals surface area (Å²) in [7, 11) is 0. The minimum atomic E-state index is -0.699. The van der Waals surface area contributed by atoms with E-state index in [1.165, 1.54) is 0 Å². The third-order valence-electron chi connectivity index (χ3n) is 2.12. The van der Waals surface area contributed by atoms with Gasteiger partial charge in [-0.1, -0.05) is 20.3 Å². The van der Waals surface area contributed by atoms with Crippen molar-refractivity contribution in [1.82, 2.24) is 5.32 Å². The third kappa shape index (κ3) is 13.4. The van der Waals surface area contributed by atoms with E-state index >= 15 is 0 Å². The van der Waals surface area contributed by atoms with E-state index in [4.69, 9.17) is 9.84 Å². The summed E-state index contributed by atoms with van der Waals surface area (Å²) in [6.07, 6.45) is 3.09. The summed E-state index contributed by atoms with van der Waals surface area (Å²) < 4.78 is 5.41. The van der Waals surface area contributed by atoms with Crippen molar-refractivity contribution in [2.45, 2.75) is 39.5 Å². The Balaban J connectivity index is 2.96. The van der Waals surface area contributed by atoms with Gasteiger partial charge in [0.15, 0.2) is 0 Å². The van der Waals surface area contributed by atoms with Crippen LogP contribution in [-0.2, 0) is 9.53 Å². The van der Waals surface area contributed by atoms with Crippen LogP contribution >= 0.6 is 0 Å². The number of ether oxygens (including phenoxy) is 1. The number of aliphatic carboxylic acids is 1. The lowest BCUT2D eigenvalue weighted by Gasteiger charge is -2.07. The van der Waals surface area contributed by atoms with Crippen molar-refractivity contribution < 1.29 is 14.6 Å². The highest BCUT2D eigenvalue weighted by molar-refractivity contribution is 5.66. The maximum Gasteiger partial charge on any atom is 0.303 e. The summed E-state index contributed by atoms with van der Waals surface area (Å²) in [5.74, 6) is -0.105. The summed E-state index contributed by atoms with van der Waals surface area (Å²) in [4.78, 5) is 10.2. The maximum absolute atomic E-state index is 10.2. The molecule has 0 aromatic heterocycles. The van der Waals surface area contributed by atoms with Gasteiger partial charge >= 0.3 is 5.97 Å². The molecule has 16 heavy (non-hydrogen) atoms. The topological polar surface area (TPSA) is 58.6 Å². The van der Waals surface area contributed by atoms with Gasteiger partial charge in [-0.3, -0.25) is 4.79 Å². The first-order valence-electron chi connectivity index (χ1n) is 6.13. The van der Waals surface area contributed by atoms with E-state index in [2.05, 4.69) is 19.2 Å². The van der Waals surface area contributed by atoms with Gasteiger partial charge in [0.25, 0.3) is 0 Å². The van der Waals surface area contributed by atoms with Crippen molar-refractivity contribution in [3.05, 3.63) is 0 Å². The highest BCUT2D eigenvalue weighted by atomic mass is 16.5. The summed E-state index contributed by atoms with van der Waals surface area (Å²) in [5, 5.41) is 11.7. The molecule has 0 radical (unpaired) electrons. The Morgan fingerprint density at radius 3 is 2.62 bits per heavy atom. The molecule has 0 heterocycles. The molecule has 0 aromatic carbocycles.